The van der Waals surface area contributed by atoms with E-state index in [2.05, 4.69) is 42.6 Å². The van der Waals surface area contributed by atoms with Crippen molar-refractivity contribution in [3.8, 4) is 0 Å². The van der Waals surface area contributed by atoms with Gasteiger partial charge in [0, 0.05) is 29.2 Å². The van der Waals surface area contributed by atoms with Gasteiger partial charge in [-0.3, -0.25) is 0 Å². The highest BCUT2D eigenvalue weighted by atomic mass is 35.5. The van der Waals surface area contributed by atoms with Crippen LogP contribution in [-0.4, -0.2) is 33.6 Å². The van der Waals surface area contributed by atoms with Gasteiger partial charge in [0.05, 0.1) is 0 Å². The summed E-state index contributed by atoms with van der Waals surface area (Å²) in [6.45, 7) is 10.9. The van der Waals surface area contributed by atoms with Gasteiger partial charge in [-0.1, -0.05) is 39.3 Å². The molecule has 0 spiro atoms. The smallest absolute Gasteiger partial charge is 0.138 e. The molecule has 3 nitrogen and oxygen atoms in total. The average Bonchev–Trinajstić information content (AvgIpc) is 2.26. The van der Waals surface area contributed by atoms with Crippen LogP contribution >= 0.6 is 23.4 Å². The van der Waals surface area contributed by atoms with Crippen LogP contribution in [0.1, 0.15) is 39.2 Å². The number of thioether (sulfide) groups is 1. The van der Waals surface area contributed by atoms with Crippen LogP contribution in [0, 0.1) is 0 Å². The summed E-state index contributed by atoms with van der Waals surface area (Å²) >= 11 is 8.27. The monoisotopic (exact) mass is 285 g/mol. The molecule has 0 amide bonds. The molecule has 0 bridgehead atoms. The first-order chi connectivity index (χ1) is 8.49. The van der Waals surface area contributed by atoms with Crippen LogP contribution in [0.4, 0.5) is 5.82 Å². The minimum atomic E-state index is 0.342. The lowest BCUT2D eigenvalue weighted by atomic mass is 10.1. The van der Waals surface area contributed by atoms with Gasteiger partial charge in [0.25, 0.3) is 0 Å². The van der Waals surface area contributed by atoms with Crippen molar-refractivity contribution in [2.45, 2.75) is 44.1 Å². The molecule has 0 aromatic carbocycles. The highest BCUT2D eigenvalue weighted by molar-refractivity contribution is 8.00. The van der Waals surface area contributed by atoms with Crippen LogP contribution in [0.5, 0.6) is 0 Å². The van der Waals surface area contributed by atoms with Crippen molar-refractivity contribution in [2.75, 3.05) is 18.0 Å². The molecule has 1 aromatic heterocycles. The van der Waals surface area contributed by atoms with Crippen LogP contribution in [-0.2, 0) is 0 Å². The fourth-order valence-corrected chi connectivity index (χ4v) is 4.14. The summed E-state index contributed by atoms with van der Waals surface area (Å²) in [4.78, 5) is 10.9. The number of hydrogen-bond donors (Lipinski definition) is 0. The minimum absolute atomic E-state index is 0.342. The largest absolute Gasteiger partial charge is 0.354 e. The molecular formula is C13H20ClN3S. The van der Waals surface area contributed by atoms with E-state index < -0.39 is 0 Å². The highest BCUT2D eigenvalue weighted by Crippen LogP contribution is 2.34. The molecule has 1 fully saturated rings. The van der Waals surface area contributed by atoms with Crippen molar-refractivity contribution in [3.05, 3.63) is 17.0 Å². The molecule has 1 aliphatic heterocycles. The molecule has 0 saturated carbocycles. The van der Waals surface area contributed by atoms with Crippen molar-refractivity contribution < 1.29 is 0 Å². The average molecular weight is 286 g/mol. The number of nitrogens with zero attached hydrogens (tertiary/aromatic N) is 3. The molecule has 1 saturated heterocycles. The number of rotatable bonds is 2. The molecule has 100 valence electrons. The molecule has 2 heterocycles. The van der Waals surface area contributed by atoms with Gasteiger partial charge >= 0.3 is 0 Å². The van der Waals surface area contributed by atoms with E-state index in [-0.39, 0.29) is 0 Å². The molecule has 5 heteroatoms. The zero-order valence-corrected chi connectivity index (χ0v) is 12.9. The first-order valence-electron chi connectivity index (χ1n) is 6.39. The standard InChI is InChI=1S/C13H20ClN3S/c1-8(2)11-12(14)15-7-16-13(11)17-5-9(3)18-10(4)6-17/h7-10H,5-6H2,1-4H3. The molecule has 2 rings (SSSR count). The predicted molar refractivity (Wildman–Crippen MR) is 79.9 cm³/mol. The molecule has 18 heavy (non-hydrogen) atoms. The summed E-state index contributed by atoms with van der Waals surface area (Å²) < 4.78 is 0. The fraction of sp³-hybridized carbons (Fsp3) is 0.692. The summed E-state index contributed by atoms with van der Waals surface area (Å²) in [5.41, 5.74) is 1.07. The van der Waals surface area contributed by atoms with Gasteiger partial charge in [-0.05, 0) is 5.92 Å². The molecule has 0 radical (unpaired) electrons. The summed E-state index contributed by atoms with van der Waals surface area (Å²) in [5.74, 6) is 1.36. The van der Waals surface area contributed by atoms with E-state index >= 15 is 0 Å². The molecule has 0 aliphatic carbocycles. The van der Waals surface area contributed by atoms with Gasteiger partial charge in [-0.25, -0.2) is 9.97 Å². The quantitative estimate of drug-likeness (QED) is 0.777. The maximum absolute atomic E-state index is 6.23. The lowest BCUT2D eigenvalue weighted by Gasteiger charge is -2.36. The zero-order chi connectivity index (χ0) is 13.3. The molecule has 2 unspecified atom stereocenters. The van der Waals surface area contributed by atoms with Crippen LogP contribution in [0.25, 0.3) is 0 Å². The van der Waals surface area contributed by atoms with E-state index in [1.54, 1.807) is 6.33 Å². The Balaban J connectivity index is 2.35. The number of halogens is 1. The van der Waals surface area contributed by atoms with E-state index in [0.29, 0.717) is 21.6 Å². The molecule has 0 N–H and O–H groups in total. The third kappa shape index (κ3) is 2.91. The Bertz CT molecular complexity index is 415. The summed E-state index contributed by atoms with van der Waals surface area (Å²) in [6, 6.07) is 0. The number of hydrogen-bond acceptors (Lipinski definition) is 4. The maximum Gasteiger partial charge on any atom is 0.138 e. The van der Waals surface area contributed by atoms with E-state index in [0.717, 1.165) is 24.5 Å². The molecular weight excluding hydrogens is 266 g/mol. The summed E-state index contributed by atoms with van der Waals surface area (Å²) in [6.07, 6.45) is 1.57. The van der Waals surface area contributed by atoms with Gasteiger partial charge < -0.3 is 4.90 Å². The predicted octanol–water partition coefficient (Wildman–Crippen LogP) is 3.58. The second-order valence-electron chi connectivity index (χ2n) is 5.22. The Morgan fingerprint density at radius 2 is 1.89 bits per heavy atom. The van der Waals surface area contributed by atoms with E-state index in [1.165, 1.54) is 0 Å². The molecule has 1 aromatic rings. The van der Waals surface area contributed by atoms with Crippen LogP contribution in [0.15, 0.2) is 6.33 Å². The van der Waals surface area contributed by atoms with E-state index in [9.17, 15) is 0 Å². The van der Waals surface area contributed by atoms with E-state index in [1.807, 2.05) is 11.8 Å². The summed E-state index contributed by atoms with van der Waals surface area (Å²) in [5, 5.41) is 1.85. The fourth-order valence-electron chi connectivity index (χ4n) is 2.46. The topological polar surface area (TPSA) is 29.0 Å². The Morgan fingerprint density at radius 1 is 1.28 bits per heavy atom. The van der Waals surface area contributed by atoms with Crippen molar-refractivity contribution in [1.82, 2.24) is 9.97 Å². The lowest BCUT2D eigenvalue weighted by molar-refractivity contribution is 0.703. The number of anilines is 1. The molecule has 2 atom stereocenters. The Hall–Kier alpha value is -0.480. The van der Waals surface area contributed by atoms with Gasteiger partial charge in [-0.2, -0.15) is 11.8 Å². The van der Waals surface area contributed by atoms with Crippen molar-refractivity contribution >= 4 is 29.2 Å². The zero-order valence-electron chi connectivity index (χ0n) is 11.4. The first kappa shape index (κ1) is 13.9. The normalized spacial score (nSPS) is 24.7. The van der Waals surface area contributed by atoms with Gasteiger partial charge in [-0.15, -0.1) is 0 Å². The van der Waals surface area contributed by atoms with Gasteiger partial charge in [0.1, 0.15) is 17.3 Å². The minimum Gasteiger partial charge on any atom is -0.354 e. The Kier molecular flexibility index (Phi) is 4.38. The number of aromatic nitrogens is 2. The van der Waals surface area contributed by atoms with Gasteiger partial charge in [0.2, 0.25) is 0 Å². The highest BCUT2D eigenvalue weighted by Gasteiger charge is 2.26. The van der Waals surface area contributed by atoms with Crippen LogP contribution in [0.3, 0.4) is 0 Å². The third-order valence-electron chi connectivity index (χ3n) is 3.11. The molecule has 1 aliphatic rings. The van der Waals surface area contributed by atoms with Crippen LogP contribution in [0.2, 0.25) is 5.15 Å². The first-order valence-corrected chi connectivity index (χ1v) is 7.72. The van der Waals surface area contributed by atoms with Crippen molar-refractivity contribution in [3.63, 3.8) is 0 Å². The van der Waals surface area contributed by atoms with Crippen LogP contribution < -0.4 is 4.90 Å². The maximum atomic E-state index is 6.23. The van der Waals surface area contributed by atoms with Crippen molar-refractivity contribution in [2.24, 2.45) is 0 Å². The van der Waals surface area contributed by atoms with E-state index in [4.69, 9.17) is 11.6 Å². The second kappa shape index (κ2) is 5.66. The summed E-state index contributed by atoms with van der Waals surface area (Å²) in [7, 11) is 0. The third-order valence-corrected chi connectivity index (χ3v) is 4.64. The Morgan fingerprint density at radius 3 is 2.44 bits per heavy atom. The lowest BCUT2D eigenvalue weighted by Crippen LogP contribution is -2.41. The Labute approximate surface area is 118 Å². The second-order valence-corrected chi connectivity index (χ2v) is 7.46. The SMILES string of the molecule is CC1CN(c2ncnc(Cl)c2C(C)C)CC(C)S1. The van der Waals surface area contributed by atoms with Crippen molar-refractivity contribution in [1.29, 1.82) is 0 Å². The van der Waals surface area contributed by atoms with Gasteiger partial charge in [0.15, 0.2) is 0 Å².